The van der Waals surface area contributed by atoms with Crippen LogP contribution in [0.2, 0.25) is 0 Å². The van der Waals surface area contributed by atoms with Crippen molar-refractivity contribution in [2.24, 2.45) is 0 Å². The van der Waals surface area contributed by atoms with Crippen LogP contribution in [0.25, 0.3) is 0 Å². The molecule has 5 rings (SSSR count). The normalized spacial score (nSPS) is 12.5. The van der Waals surface area contributed by atoms with Crippen molar-refractivity contribution in [2.75, 3.05) is 62.5 Å². The fraction of sp³-hybridized carbons (Fsp3) is 0.480. The van der Waals surface area contributed by atoms with Gasteiger partial charge in [0.1, 0.15) is 34.2 Å². The Bertz CT molecular complexity index is 1990. The van der Waals surface area contributed by atoms with Crippen LogP contribution in [0.5, 0.6) is 23.0 Å². The number of ether oxygens (including phenoxy) is 6. The average molecular weight is 883 g/mol. The van der Waals surface area contributed by atoms with E-state index in [9.17, 15) is 9.59 Å². The third kappa shape index (κ3) is 14.4. The number of benzene rings is 4. The SMILES string of the molecule is CCCOc1c2cc(N)cc1Cc1cc(N)cc(c1OCCCNC(=O)OC(C)(C)C)Cc1cc(N)cc(c1OCCC)Cc1cc(N)cc(c1OCCCNC(=O)OC(C)(C)C)C2. The molecular formula is C50H70N6O8. The molecule has 0 saturated carbocycles. The molecule has 1 aliphatic rings. The molecule has 0 unspecified atom stereocenters. The van der Waals surface area contributed by atoms with Crippen LogP contribution in [-0.4, -0.2) is 62.9 Å². The summed E-state index contributed by atoms with van der Waals surface area (Å²) in [6.07, 6.45) is 3.20. The Balaban J connectivity index is 1.63. The van der Waals surface area contributed by atoms with Crippen molar-refractivity contribution in [3.8, 4) is 23.0 Å². The van der Waals surface area contributed by atoms with Gasteiger partial charge in [-0.25, -0.2) is 9.59 Å². The van der Waals surface area contributed by atoms with Crippen molar-refractivity contribution in [1.82, 2.24) is 10.6 Å². The van der Waals surface area contributed by atoms with Crippen LogP contribution in [0, 0.1) is 0 Å². The van der Waals surface area contributed by atoms with E-state index in [2.05, 4.69) is 24.5 Å². The van der Waals surface area contributed by atoms with Crippen LogP contribution < -0.4 is 52.5 Å². The number of alkyl carbamates (subject to hydrolysis) is 2. The summed E-state index contributed by atoms with van der Waals surface area (Å²) in [6.45, 7) is 17.4. The number of fused-ring (bicyclic) bond motifs is 8. The topological polar surface area (TPSA) is 218 Å². The maximum absolute atomic E-state index is 12.4. The monoisotopic (exact) mass is 883 g/mol. The maximum Gasteiger partial charge on any atom is 0.407 e. The molecule has 64 heavy (non-hydrogen) atoms. The zero-order chi connectivity index (χ0) is 46.6. The van der Waals surface area contributed by atoms with Gasteiger partial charge in [0.15, 0.2) is 0 Å². The number of amides is 2. The molecule has 0 saturated heterocycles. The molecule has 0 aliphatic heterocycles. The van der Waals surface area contributed by atoms with Crippen molar-refractivity contribution < 1.29 is 38.0 Å². The summed E-state index contributed by atoms with van der Waals surface area (Å²) in [5.41, 5.74) is 34.8. The van der Waals surface area contributed by atoms with E-state index in [0.717, 1.165) is 57.3 Å². The van der Waals surface area contributed by atoms with E-state index in [-0.39, 0.29) is 0 Å². The number of nitrogen functional groups attached to an aromatic ring is 4. The zero-order valence-electron chi connectivity index (χ0n) is 39.1. The minimum Gasteiger partial charge on any atom is -0.493 e. The average Bonchev–Trinajstić information content (AvgIpc) is 3.17. The van der Waals surface area contributed by atoms with Gasteiger partial charge in [0.2, 0.25) is 0 Å². The Morgan fingerprint density at radius 1 is 0.453 bits per heavy atom. The van der Waals surface area contributed by atoms with Crippen molar-refractivity contribution >= 4 is 34.9 Å². The Hall–Kier alpha value is -6.18. The quantitative estimate of drug-likeness (QED) is 0.0405. The highest BCUT2D eigenvalue weighted by atomic mass is 16.6. The molecule has 0 fully saturated rings. The number of anilines is 4. The van der Waals surface area contributed by atoms with Gasteiger partial charge in [-0.2, -0.15) is 0 Å². The summed E-state index contributed by atoms with van der Waals surface area (Å²) in [6, 6.07) is 15.5. The van der Waals surface area contributed by atoms with E-state index in [4.69, 9.17) is 51.4 Å². The molecule has 10 N–H and O–H groups in total. The van der Waals surface area contributed by atoms with Crippen molar-refractivity contribution in [3.05, 3.63) is 93.0 Å². The molecule has 0 heterocycles. The van der Waals surface area contributed by atoms with Gasteiger partial charge in [0.05, 0.1) is 26.4 Å². The molecule has 0 radical (unpaired) electrons. The molecule has 4 aromatic carbocycles. The molecule has 8 bridgehead atoms. The number of hydrogen-bond acceptors (Lipinski definition) is 12. The molecule has 0 spiro atoms. The lowest BCUT2D eigenvalue weighted by molar-refractivity contribution is 0.0513. The third-order valence-electron chi connectivity index (χ3n) is 9.96. The minimum atomic E-state index is -0.607. The van der Waals surface area contributed by atoms with Gasteiger partial charge in [-0.3, -0.25) is 0 Å². The number of carbonyl (C=O) groups excluding carboxylic acids is 2. The number of hydrogen-bond donors (Lipinski definition) is 6. The van der Waals surface area contributed by atoms with Gasteiger partial charge in [0.25, 0.3) is 0 Å². The summed E-state index contributed by atoms with van der Waals surface area (Å²) >= 11 is 0. The Kier molecular flexibility index (Phi) is 16.7. The predicted molar refractivity (Wildman–Crippen MR) is 255 cm³/mol. The smallest absolute Gasteiger partial charge is 0.407 e. The first-order valence-corrected chi connectivity index (χ1v) is 22.4. The Morgan fingerprint density at radius 3 is 0.906 bits per heavy atom. The Morgan fingerprint density at radius 2 is 0.688 bits per heavy atom. The molecule has 14 heteroatoms. The summed E-state index contributed by atoms with van der Waals surface area (Å²) in [4.78, 5) is 24.8. The molecule has 2 amide bonds. The van der Waals surface area contributed by atoms with Crippen LogP contribution in [0.3, 0.4) is 0 Å². The zero-order valence-corrected chi connectivity index (χ0v) is 39.1. The van der Waals surface area contributed by atoms with Crippen LogP contribution in [0.15, 0.2) is 48.5 Å². The number of carbonyl (C=O) groups is 2. The van der Waals surface area contributed by atoms with Gasteiger partial charge >= 0.3 is 12.2 Å². The fourth-order valence-electron chi connectivity index (χ4n) is 7.65. The predicted octanol–water partition coefficient (Wildman–Crippen LogP) is 8.86. The third-order valence-corrected chi connectivity index (χ3v) is 9.96. The van der Waals surface area contributed by atoms with E-state index >= 15 is 0 Å². The minimum absolute atomic E-state index is 0.304. The van der Waals surface area contributed by atoms with E-state index < -0.39 is 23.4 Å². The summed E-state index contributed by atoms with van der Waals surface area (Å²) in [5, 5.41) is 5.65. The largest absolute Gasteiger partial charge is 0.493 e. The van der Waals surface area contributed by atoms with Crippen molar-refractivity contribution in [1.29, 1.82) is 0 Å². The second kappa shape index (κ2) is 21.9. The van der Waals surface area contributed by atoms with E-state index in [1.54, 1.807) is 0 Å². The highest BCUT2D eigenvalue weighted by Gasteiger charge is 2.24. The second-order valence-corrected chi connectivity index (χ2v) is 18.3. The highest BCUT2D eigenvalue weighted by Crippen LogP contribution is 2.42. The van der Waals surface area contributed by atoms with Gasteiger partial charge in [-0.1, -0.05) is 13.8 Å². The number of nitrogens with one attached hydrogen (secondary N) is 2. The van der Waals surface area contributed by atoms with Crippen LogP contribution in [0.1, 0.15) is 126 Å². The first-order valence-electron chi connectivity index (χ1n) is 22.4. The number of nitrogens with two attached hydrogens (primary N) is 4. The molecule has 14 nitrogen and oxygen atoms in total. The van der Waals surface area contributed by atoms with Crippen LogP contribution in [0.4, 0.5) is 32.3 Å². The summed E-state index contributed by atoms with van der Waals surface area (Å²) in [7, 11) is 0. The fourth-order valence-corrected chi connectivity index (χ4v) is 7.65. The van der Waals surface area contributed by atoms with E-state index in [1.807, 2.05) is 90.1 Å². The van der Waals surface area contributed by atoms with Crippen molar-refractivity contribution in [3.63, 3.8) is 0 Å². The van der Waals surface area contributed by atoms with Gasteiger partial charge in [-0.05, 0) is 116 Å². The molecular weight excluding hydrogens is 813 g/mol. The summed E-state index contributed by atoms with van der Waals surface area (Å²) in [5.74, 6) is 2.77. The lowest BCUT2D eigenvalue weighted by Crippen LogP contribution is -2.33. The lowest BCUT2D eigenvalue weighted by Gasteiger charge is -2.24. The maximum atomic E-state index is 12.4. The van der Waals surface area contributed by atoms with Crippen molar-refractivity contribution in [2.45, 2.75) is 118 Å². The molecule has 0 atom stereocenters. The first-order chi connectivity index (χ1) is 30.3. The summed E-state index contributed by atoms with van der Waals surface area (Å²) < 4.78 is 37.5. The van der Waals surface area contributed by atoms with Gasteiger partial charge in [0, 0.05) is 106 Å². The highest BCUT2D eigenvalue weighted by molar-refractivity contribution is 5.68. The second-order valence-electron chi connectivity index (χ2n) is 18.3. The lowest BCUT2D eigenvalue weighted by atomic mass is 9.90. The molecule has 0 aromatic heterocycles. The number of rotatable bonds is 16. The Labute approximate surface area is 379 Å². The standard InChI is InChI=1S/C50H70N6O8/c1-9-15-59-43-31-19-35-27-41(53)29-37(45(35)61-17-11-13-55-47(57)63-49(3,4)5)21-33-25-40(52)26-34(44(33)60-16-10-2)22-38-30-42(54)28-36(20-32(43)24-39(51)23-31)46(38)62-18-12-14-56-48(58)64-50(6,7)8/h23-30H,9-22,51-54H2,1-8H3,(H,55,57)(H,56,58). The molecule has 348 valence electrons. The van der Waals surface area contributed by atoms with Crippen LogP contribution >= 0.6 is 0 Å². The van der Waals surface area contributed by atoms with E-state index in [0.29, 0.717) is 124 Å². The van der Waals surface area contributed by atoms with Crippen LogP contribution in [-0.2, 0) is 35.2 Å². The molecule has 4 aromatic rings. The molecule has 1 aliphatic carbocycles. The van der Waals surface area contributed by atoms with E-state index in [1.165, 1.54) is 0 Å². The van der Waals surface area contributed by atoms with Gasteiger partial charge in [-0.15, -0.1) is 0 Å². The first kappa shape index (κ1) is 48.8. The van der Waals surface area contributed by atoms with Gasteiger partial charge < -0.3 is 62.0 Å².